The van der Waals surface area contributed by atoms with E-state index in [-0.39, 0.29) is 0 Å². The van der Waals surface area contributed by atoms with E-state index in [9.17, 15) is 9.90 Å². The van der Waals surface area contributed by atoms with Crippen LogP contribution in [0.4, 0.5) is 0 Å². The van der Waals surface area contributed by atoms with Crippen LogP contribution in [0.1, 0.15) is 59.3 Å². The minimum absolute atomic E-state index is 0.476. The van der Waals surface area contributed by atoms with Crippen LogP contribution in [-0.4, -0.2) is 11.1 Å². The highest BCUT2D eigenvalue weighted by atomic mass is 16.4. The van der Waals surface area contributed by atoms with E-state index in [1.807, 2.05) is 13.8 Å². The van der Waals surface area contributed by atoms with Crippen molar-refractivity contribution in [1.29, 1.82) is 0 Å². The van der Waals surface area contributed by atoms with Crippen molar-refractivity contribution in [3.05, 3.63) is 11.6 Å². The lowest BCUT2D eigenvalue weighted by molar-refractivity contribution is -0.152. The zero-order valence-electron chi connectivity index (χ0n) is 10.8. The summed E-state index contributed by atoms with van der Waals surface area (Å²) in [7, 11) is 0. The van der Waals surface area contributed by atoms with Gasteiger partial charge in [-0.05, 0) is 39.0 Å². The molecule has 2 atom stereocenters. The van der Waals surface area contributed by atoms with E-state index in [4.69, 9.17) is 0 Å². The fourth-order valence-electron chi connectivity index (χ4n) is 2.70. The maximum atomic E-state index is 11.5. The lowest BCUT2D eigenvalue weighted by atomic mass is 9.67. The Bertz CT molecular complexity index is 276. The van der Waals surface area contributed by atoms with Gasteiger partial charge in [0.2, 0.25) is 0 Å². The van der Waals surface area contributed by atoms with Gasteiger partial charge in [0.25, 0.3) is 0 Å². The summed E-state index contributed by atoms with van der Waals surface area (Å²) in [5, 5.41) is 9.49. The smallest absolute Gasteiger partial charge is 0.309 e. The molecule has 0 spiro atoms. The lowest BCUT2D eigenvalue weighted by Gasteiger charge is -2.37. The normalized spacial score (nSPS) is 29.8. The molecular weight excluding hydrogens is 200 g/mol. The standard InChI is InChI=1S/C14H24O2/c1-4-12-6-5-8-14(10-12,13(15)16)9-7-11(2)3/h7,12H,4-6,8-10H2,1-3H3,(H,15,16). The van der Waals surface area contributed by atoms with E-state index >= 15 is 0 Å². The molecule has 0 radical (unpaired) electrons. The molecule has 0 amide bonds. The average Bonchev–Trinajstić information content (AvgIpc) is 2.26. The number of hydrogen-bond acceptors (Lipinski definition) is 1. The first kappa shape index (κ1) is 13.3. The molecule has 92 valence electrons. The molecule has 1 saturated carbocycles. The van der Waals surface area contributed by atoms with Crippen molar-refractivity contribution in [3.63, 3.8) is 0 Å². The van der Waals surface area contributed by atoms with Crippen LogP contribution in [0.5, 0.6) is 0 Å². The monoisotopic (exact) mass is 224 g/mol. The van der Waals surface area contributed by atoms with Gasteiger partial charge in [-0.2, -0.15) is 0 Å². The minimum atomic E-state index is -0.594. The van der Waals surface area contributed by atoms with Gasteiger partial charge in [0.05, 0.1) is 5.41 Å². The molecule has 16 heavy (non-hydrogen) atoms. The number of carboxylic acid groups (broad SMARTS) is 1. The fraction of sp³-hybridized carbons (Fsp3) is 0.786. The van der Waals surface area contributed by atoms with Gasteiger partial charge in [-0.1, -0.05) is 37.8 Å². The molecule has 0 aromatic carbocycles. The van der Waals surface area contributed by atoms with Crippen molar-refractivity contribution >= 4 is 5.97 Å². The average molecular weight is 224 g/mol. The summed E-state index contributed by atoms with van der Waals surface area (Å²) in [4.78, 5) is 11.5. The first-order valence-corrected chi connectivity index (χ1v) is 6.37. The van der Waals surface area contributed by atoms with Crippen molar-refractivity contribution in [2.45, 2.75) is 59.3 Å². The summed E-state index contributed by atoms with van der Waals surface area (Å²) in [6.45, 7) is 6.24. The highest BCUT2D eigenvalue weighted by molar-refractivity contribution is 5.75. The van der Waals surface area contributed by atoms with Gasteiger partial charge in [0, 0.05) is 0 Å². The molecule has 1 rings (SSSR count). The van der Waals surface area contributed by atoms with Crippen molar-refractivity contribution in [1.82, 2.24) is 0 Å². The Hall–Kier alpha value is -0.790. The van der Waals surface area contributed by atoms with Crippen LogP contribution in [-0.2, 0) is 4.79 Å². The zero-order chi connectivity index (χ0) is 12.2. The number of carboxylic acids is 1. The molecule has 1 aliphatic rings. The van der Waals surface area contributed by atoms with Crippen molar-refractivity contribution in [3.8, 4) is 0 Å². The quantitative estimate of drug-likeness (QED) is 0.732. The number of rotatable bonds is 4. The lowest BCUT2D eigenvalue weighted by Crippen LogP contribution is -2.36. The van der Waals surface area contributed by atoms with E-state index in [1.54, 1.807) is 0 Å². The van der Waals surface area contributed by atoms with E-state index in [0.717, 1.165) is 25.7 Å². The second-order valence-electron chi connectivity index (χ2n) is 5.44. The van der Waals surface area contributed by atoms with Gasteiger partial charge in [-0.15, -0.1) is 0 Å². The van der Waals surface area contributed by atoms with Crippen LogP contribution >= 0.6 is 0 Å². The Balaban J connectivity index is 2.79. The molecule has 1 aliphatic carbocycles. The van der Waals surface area contributed by atoms with Crippen molar-refractivity contribution < 1.29 is 9.90 Å². The van der Waals surface area contributed by atoms with Crippen LogP contribution in [0.2, 0.25) is 0 Å². The molecule has 2 heteroatoms. The highest BCUT2D eigenvalue weighted by Crippen LogP contribution is 2.43. The second-order valence-corrected chi connectivity index (χ2v) is 5.44. The predicted molar refractivity (Wildman–Crippen MR) is 66.4 cm³/mol. The van der Waals surface area contributed by atoms with Crippen LogP contribution in [0.15, 0.2) is 11.6 Å². The van der Waals surface area contributed by atoms with E-state index < -0.39 is 11.4 Å². The largest absolute Gasteiger partial charge is 0.481 e. The summed E-state index contributed by atoms with van der Waals surface area (Å²) >= 11 is 0. The SMILES string of the molecule is CCC1CCCC(CC=C(C)C)(C(=O)O)C1. The zero-order valence-corrected chi connectivity index (χ0v) is 10.8. The third kappa shape index (κ3) is 3.10. The van der Waals surface area contributed by atoms with E-state index in [2.05, 4.69) is 13.0 Å². The summed E-state index contributed by atoms with van der Waals surface area (Å²) < 4.78 is 0. The van der Waals surface area contributed by atoms with Gasteiger partial charge < -0.3 is 5.11 Å². The van der Waals surface area contributed by atoms with Crippen LogP contribution in [0.3, 0.4) is 0 Å². The first-order chi connectivity index (χ1) is 7.50. The van der Waals surface area contributed by atoms with E-state index in [0.29, 0.717) is 12.3 Å². The Kier molecular flexibility index (Phi) is 4.57. The molecule has 2 nitrogen and oxygen atoms in total. The molecule has 1 N–H and O–H groups in total. The predicted octanol–water partition coefficient (Wildman–Crippen LogP) is 4.01. The summed E-state index contributed by atoms with van der Waals surface area (Å²) in [6.07, 6.45) is 7.91. The molecular formula is C14H24O2. The Morgan fingerprint density at radius 2 is 2.19 bits per heavy atom. The third-order valence-electron chi connectivity index (χ3n) is 3.88. The maximum Gasteiger partial charge on any atom is 0.309 e. The topological polar surface area (TPSA) is 37.3 Å². The molecule has 1 fully saturated rings. The molecule has 0 saturated heterocycles. The minimum Gasteiger partial charge on any atom is -0.481 e. The van der Waals surface area contributed by atoms with E-state index in [1.165, 1.54) is 12.0 Å². The molecule has 0 bridgehead atoms. The summed E-state index contributed by atoms with van der Waals surface area (Å²) in [6, 6.07) is 0. The maximum absolute atomic E-state index is 11.5. The Morgan fingerprint density at radius 3 is 2.69 bits per heavy atom. The number of carbonyl (C=O) groups is 1. The molecule has 0 heterocycles. The first-order valence-electron chi connectivity index (χ1n) is 6.37. The van der Waals surface area contributed by atoms with Crippen molar-refractivity contribution in [2.75, 3.05) is 0 Å². The van der Waals surface area contributed by atoms with Gasteiger partial charge in [0.15, 0.2) is 0 Å². The molecule has 0 aliphatic heterocycles. The van der Waals surface area contributed by atoms with Crippen LogP contribution in [0, 0.1) is 11.3 Å². The van der Waals surface area contributed by atoms with Crippen molar-refractivity contribution in [2.24, 2.45) is 11.3 Å². The Morgan fingerprint density at radius 1 is 1.50 bits per heavy atom. The number of allylic oxidation sites excluding steroid dienone is 2. The molecule has 0 aromatic heterocycles. The van der Waals surface area contributed by atoms with Gasteiger partial charge in [-0.3, -0.25) is 4.79 Å². The number of aliphatic carboxylic acids is 1. The Labute approximate surface area is 98.7 Å². The van der Waals surface area contributed by atoms with Gasteiger partial charge >= 0.3 is 5.97 Å². The third-order valence-corrected chi connectivity index (χ3v) is 3.88. The molecule has 0 aromatic rings. The van der Waals surface area contributed by atoms with Gasteiger partial charge in [0.1, 0.15) is 0 Å². The summed E-state index contributed by atoms with van der Waals surface area (Å²) in [5.41, 5.74) is 0.746. The van der Waals surface area contributed by atoms with Crippen LogP contribution < -0.4 is 0 Å². The highest BCUT2D eigenvalue weighted by Gasteiger charge is 2.41. The second kappa shape index (κ2) is 5.51. The fourth-order valence-corrected chi connectivity index (χ4v) is 2.70. The summed E-state index contributed by atoms with van der Waals surface area (Å²) in [5.74, 6) is 0.0126. The van der Waals surface area contributed by atoms with Crippen LogP contribution in [0.25, 0.3) is 0 Å². The van der Waals surface area contributed by atoms with Gasteiger partial charge in [-0.25, -0.2) is 0 Å². The number of hydrogen-bond donors (Lipinski definition) is 1. The molecule has 2 unspecified atom stereocenters.